The van der Waals surface area contributed by atoms with Crippen molar-refractivity contribution in [3.8, 4) is 0 Å². The monoisotopic (exact) mass is 153 g/mol. The van der Waals surface area contributed by atoms with Gasteiger partial charge in [0.05, 0.1) is 0 Å². The van der Waals surface area contributed by atoms with Crippen molar-refractivity contribution in [2.24, 2.45) is 0 Å². The minimum Gasteiger partial charge on any atom is -0.372 e. The highest BCUT2D eigenvalue weighted by Gasteiger charge is 2.02. The Balaban J connectivity index is 2.81. The van der Waals surface area contributed by atoms with Crippen LogP contribution < -0.4 is 5.48 Å². The summed E-state index contributed by atoms with van der Waals surface area (Å²) in [7, 11) is 0. The first kappa shape index (κ1) is 8.20. The molecular formula is C8H11NO2. The summed E-state index contributed by atoms with van der Waals surface area (Å²) in [6.45, 7) is 1.96. The zero-order valence-corrected chi connectivity index (χ0v) is 6.28. The lowest BCUT2D eigenvalue weighted by Gasteiger charge is -2.07. The van der Waals surface area contributed by atoms with Gasteiger partial charge in [0.15, 0.2) is 6.23 Å². The predicted molar refractivity (Wildman–Crippen MR) is 41.1 cm³/mol. The fourth-order valence-electron chi connectivity index (χ4n) is 0.823. The van der Waals surface area contributed by atoms with E-state index in [4.69, 9.17) is 10.3 Å². The molecular weight excluding hydrogens is 142 g/mol. The number of aliphatic hydroxyl groups excluding tert-OH is 1. The van der Waals surface area contributed by atoms with E-state index in [0.717, 1.165) is 5.56 Å². The number of hydroxylamine groups is 1. The van der Waals surface area contributed by atoms with E-state index in [2.05, 4.69) is 0 Å². The van der Waals surface area contributed by atoms with E-state index >= 15 is 0 Å². The molecule has 11 heavy (non-hydrogen) atoms. The zero-order chi connectivity index (χ0) is 8.27. The van der Waals surface area contributed by atoms with Gasteiger partial charge in [0.1, 0.15) is 0 Å². The van der Waals surface area contributed by atoms with Crippen LogP contribution >= 0.6 is 0 Å². The molecule has 0 aromatic heterocycles. The molecule has 0 spiro atoms. The first-order valence-electron chi connectivity index (χ1n) is 3.38. The van der Waals surface area contributed by atoms with E-state index in [1.807, 2.05) is 19.1 Å². The molecule has 0 saturated heterocycles. The minimum atomic E-state index is -0.990. The van der Waals surface area contributed by atoms with Crippen LogP contribution in [0.25, 0.3) is 0 Å². The van der Waals surface area contributed by atoms with Gasteiger partial charge in [-0.15, -0.1) is 0 Å². The Morgan fingerprint density at radius 1 is 1.27 bits per heavy atom. The van der Waals surface area contributed by atoms with Crippen LogP contribution in [0.3, 0.4) is 0 Å². The van der Waals surface area contributed by atoms with Crippen LogP contribution in [0.5, 0.6) is 0 Å². The van der Waals surface area contributed by atoms with E-state index in [1.165, 1.54) is 0 Å². The van der Waals surface area contributed by atoms with Gasteiger partial charge in [-0.05, 0) is 12.5 Å². The summed E-state index contributed by atoms with van der Waals surface area (Å²) in [5, 5.41) is 17.4. The second-order valence-corrected chi connectivity index (χ2v) is 2.44. The largest absolute Gasteiger partial charge is 0.372 e. The van der Waals surface area contributed by atoms with Gasteiger partial charge < -0.3 is 10.3 Å². The Labute approximate surface area is 65.3 Å². The fourth-order valence-corrected chi connectivity index (χ4v) is 0.823. The van der Waals surface area contributed by atoms with Crippen LogP contribution in [-0.2, 0) is 0 Å². The highest BCUT2D eigenvalue weighted by Crippen LogP contribution is 2.09. The van der Waals surface area contributed by atoms with Crippen molar-refractivity contribution in [1.82, 2.24) is 5.48 Å². The molecule has 3 N–H and O–H groups in total. The number of aliphatic hydroxyl groups is 1. The van der Waals surface area contributed by atoms with E-state index in [1.54, 1.807) is 17.6 Å². The van der Waals surface area contributed by atoms with Gasteiger partial charge in [0.2, 0.25) is 0 Å². The summed E-state index contributed by atoms with van der Waals surface area (Å²) < 4.78 is 0. The number of hydrogen-bond donors (Lipinski definition) is 3. The van der Waals surface area contributed by atoms with Crippen LogP contribution in [0.15, 0.2) is 24.3 Å². The van der Waals surface area contributed by atoms with Gasteiger partial charge in [0.25, 0.3) is 0 Å². The van der Waals surface area contributed by atoms with Crippen molar-refractivity contribution in [3.63, 3.8) is 0 Å². The molecule has 1 aromatic rings. The topological polar surface area (TPSA) is 52.5 Å². The highest BCUT2D eigenvalue weighted by molar-refractivity contribution is 5.22. The third-order valence-electron chi connectivity index (χ3n) is 1.52. The molecule has 3 nitrogen and oxygen atoms in total. The zero-order valence-electron chi connectivity index (χ0n) is 6.28. The summed E-state index contributed by atoms with van der Waals surface area (Å²) in [6.07, 6.45) is -0.990. The fraction of sp³-hybridized carbons (Fsp3) is 0.250. The van der Waals surface area contributed by atoms with Crippen molar-refractivity contribution in [2.75, 3.05) is 0 Å². The molecule has 3 heteroatoms. The molecule has 0 aliphatic carbocycles. The molecule has 0 bridgehead atoms. The van der Waals surface area contributed by atoms with Gasteiger partial charge in [-0.25, -0.2) is 0 Å². The molecule has 0 saturated carbocycles. The normalized spacial score (nSPS) is 13.0. The van der Waals surface area contributed by atoms with Crippen molar-refractivity contribution in [3.05, 3.63) is 35.4 Å². The average Bonchev–Trinajstić information content (AvgIpc) is 2.05. The lowest BCUT2D eigenvalue weighted by Crippen LogP contribution is -2.15. The lowest BCUT2D eigenvalue weighted by atomic mass is 10.1. The van der Waals surface area contributed by atoms with E-state index < -0.39 is 6.23 Å². The van der Waals surface area contributed by atoms with Crippen LogP contribution in [0.1, 0.15) is 17.4 Å². The number of aryl methyl sites for hydroxylation is 1. The molecule has 1 unspecified atom stereocenters. The highest BCUT2D eigenvalue weighted by atomic mass is 16.5. The SMILES string of the molecule is Cc1ccc(C(O)NO)cc1. The molecule has 1 aromatic carbocycles. The van der Waals surface area contributed by atoms with Crippen LogP contribution in [0, 0.1) is 6.92 Å². The molecule has 0 radical (unpaired) electrons. The molecule has 0 heterocycles. The third-order valence-corrected chi connectivity index (χ3v) is 1.52. The van der Waals surface area contributed by atoms with Gasteiger partial charge in [-0.3, -0.25) is 0 Å². The number of rotatable bonds is 2. The Hall–Kier alpha value is -0.900. The Kier molecular flexibility index (Phi) is 2.59. The molecule has 0 aliphatic heterocycles. The van der Waals surface area contributed by atoms with E-state index in [0.29, 0.717) is 5.56 Å². The van der Waals surface area contributed by atoms with Gasteiger partial charge >= 0.3 is 0 Å². The Morgan fingerprint density at radius 3 is 2.27 bits per heavy atom. The van der Waals surface area contributed by atoms with E-state index in [9.17, 15) is 0 Å². The Bertz CT molecular complexity index is 220. The average molecular weight is 153 g/mol. The number of nitrogens with one attached hydrogen (secondary N) is 1. The second-order valence-electron chi connectivity index (χ2n) is 2.44. The minimum absolute atomic E-state index is 0.651. The summed E-state index contributed by atoms with van der Waals surface area (Å²) >= 11 is 0. The maximum atomic E-state index is 9.06. The summed E-state index contributed by atoms with van der Waals surface area (Å²) in [5.41, 5.74) is 3.53. The van der Waals surface area contributed by atoms with Crippen LogP contribution in [0.4, 0.5) is 0 Å². The van der Waals surface area contributed by atoms with Gasteiger partial charge in [0, 0.05) is 0 Å². The molecule has 0 fully saturated rings. The van der Waals surface area contributed by atoms with Crippen molar-refractivity contribution < 1.29 is 10.3 Å². The quantitative estimate of drug-likeness (QED) is 0.438. The van der Waals surface area contributed by atoms with Gasteiger partial charge in [-0.2, -0.15) is 5.48 Å². The van der Waals surface area contributed by atoms with Crippen molar-refractivity contribution in [2.45, 2.75) is 13.2 Å². The maximum Gasteiger partial charge on any atom is 0.152 e. The molecule has 1 rings (SSSR count). The molecule has 60 valence electrons. The summed E-state index contributed by atoms with van der Waals surface area (Å²) in [4.78, 5) is 0. The van der Waals surface area contributed by atoms with Crippen LogP contribution in [-0.4, -0.2) is 10.3 Å². The van der Waals surface area contributed by atoms with Crippen LogP contribution in [0.2, 0.25) is 0 Å². The number of benzene rings is 1. The number of hydrogen-bond acceptors (Lipinski definition) is 3. The molecule has 0 amide bonds. The summed E-state index contributed by atoms with van der Waals surface area (Å²) in [6, 6.07) is 7.25. The maximum absolute atomic E-state index is 9.06. The molecule has 1 atom stereocenters. The Morgan fingerprint density at radius 2 is 1.82 bits per heavy atom. The van der Waals surface area contributed by atoms with E-state index in [-0.39, 0.29) is 0 Å². The lowest BCUT2D eigenvalue weighted by molar-refractivity contribution is 0.000695. The summed E-state index contributed by atoms with van der Waals surface area (Å²) in [5.74, 6) is 0. The first-order valence-corrected chi connectivity index (χ1v) is 3.38. The first-order chi connectivity index (χ1) is 5.24. The molecule has 0 aliphatic rings. The second kappa shape index (κ2) is 3.48. The standard InChI is InChI=1S/C8H11NO2/c1-6-2-4-7(5-3-6)8(10)9-11/h2-5,8-11H,1H3. The predicted octanol–water partition coefficient (Wildman–Crippen LogP) is 0.965. The van der Waals surface area contributed by atoms with Gasteiger partial charge in [-0.1, -0.05) is 29.8 Å². The van der Waals surface area contributed by atoms with Crippen molar-refractivity contribution in [1.29, 1.82) is 0 Å². The smallest absolute Gasteiger partial charge is 0.152 e. The third kappa shape index (κ3) is 2.01. The van der Waals surface area contributed by atoms with Crippen molar-refractivity contribution >= 4 is 0 Å².